The first-order valence-corrected chi connectivity index (χ1v) is 5.87. The van der Waals surface area contributed by atoms with Gasteiger partial charge in [0.1, 0.15) is 0 Å². The minimum absolute atomic E-state index is 0.0103. The fourth-order valence-corrected chi connectivity index (χ4v) is 1.90. The Morgan fingerprint density at radius 1 is 1.25 bits per heavy atom. The van der Waals surface area contributed by atoms with Crippen LogP contribution in [0.2, 0.25) is 0 Å². The number of aliphatic carboxylic acids is 1. The van der Waals surface area contributed by atoms with E-state index in [1.807, 2.05) is 13.8 Å². The second-order valence-electron chi connectivity index (χ2n) is 5.27. The first-order chi connectivity index (χ1) is 7.34. The van der Waals surface area contributed by atoms with Gasteiger partial charge in [0.2, 0.25) is 5.91 Å². The maximum Gasteiger partial charge on any atom is 0.307 e. The lowest BCUT2D eigenvalue weighted by atomic mass is 10.1. The van der Waals surface area contributed by atoms with Gasteiger partial charge in [-0.25, -0.2) is 0 Å². The van der Waals surface area contributed by atoms with Crippen molar-refractivity contribution in [2.75, 3.05) is 6.54 Å². The van der Waals surface area contributed by atoms with Crippen LogP contribution in [0.1, 0.15) is 34.1 Å². The fourth-order valence-electron chi connectivity index (χ4n) is 1.90. The van der Waals surface area contributed by atoms with E-state index < -0.39 is 11.9 Å². The summed E-state index contributed by atoms with van der Waals surface area (Å²) in [6.45, 7) is 8.77. The highest BCUT2D eigenvalue weighted by Gasteiger charge is 2.50. The number of rotatable bonds is 5. The van der Waals surface area contributed by atoms with Gasteiger partial charge in [0.25, 0.3) is 0 Å². The molecule has 0 aromatic rings. The third kappa shape index (κ3) is 2.97. The first kappa shape index (κ1) is 13.0. The van der Waals surface area contributed by atoms with Crippen LogP contribution in [0, 0.1) is 17.8 Å². The van der Waals surface area contributed by atoms with E-state index in [9.17, 15) is 9.59 Å². The van der Waals surface area contributed by atoms with E-state index in [0.717, 1.165) is 0 Å². The fraction of sp³-hybridized carbons (Fsp3) is 0.833. The Kier molecular flexibility index (Phi) is 3.94. The van der Waals surface area contributed by atoms with Gasteiger partial charge in [-0.15, -0.1) is 0 Å². The molecule has 0 radical (unpaired) electrons. The zero-order valence-electron chi connectivity index (χ0n) is 10.4. The molecule has 0 aromatic heterocycles. The minimum atomic E-state index is -0.841. The summed E-state index contributed by atoms with van der Waals surface area (Å²) in [5.41, 5.74) is 0. The van der Waals surface area contributed by atoms with Crippen molar-refractivity contribution in [3.05, 3.63) is 0 Å². The van der Waals surface area contributed by atoms with Crippen LogP contribution in [0.4, 0.5) is 0 Å². The van der Waals surface area contributed by atoms with Gasteiger partial charge < -0.3 is 10.0 Å². The van der Waals surface area contributed by atoms with Gasteiger partial charge in [-0.05, 0) is 26.2 Å². The van der Waals surface area contributed by atoms with E-state index in [-0.39, 0.29) is 17.9 Å². The van der Waals surface area contributed by atoms with E-state index in [1.165, 1.54) is 0 Å². The number of nitrogens with zero attached hydrogens (tertiary/aromatic N) is 1. The van der Waals surface area contributed by atoms with Crippen LogP contribution in [-0.4, -0.2) is 34.5 Å². The van der Waals surface area contributed by atoms with Crippen LogP contribution in [0.25, 0.3) is 0 Å². The molecule has 1 saturated carbocycles. The molecule has 1 rings (SSSR count). The maximum absolute atomic E-state index is 12.1. The Hall–Kier alpha value is -1.06. The third-order valence-electron chi connectivity index (χ3n) is 2.89. The standard InChI is InChI=1S/C12H21NO3/c1-7(2)6-13(8(3)4)11(14)9-5-10(9)12(15)16/h7-10H,5-6H2,1-4H3,(H,15,16)/t9-,10+/m1/s1. The molecule has 0 bridgehead atoms. The van der Waals surface area contributed by atoms with Crippen LogP contribution in [0.5, 0.6) is 0 Å². The van der Waals surface area contributed by atoms with Gasteiger partial charge in [-0.2, -0.15) is 0 Å². The summed E-state index contributed by atoms with van der Waals surface area (Å²) in [5.74, 6) is -1.14. The van der Waals surface area contributed by atoms with Crippen molar-refractivity contribution in [3.63, 3.8) is 0 Å². The molecule has 16 heavy (non-hydrogen) atoms. The molecule has 1 fully saturated rings. The molecule has 1 N–H and O–H groups in total. The summed E-state index contributed by atoms with van der Waals surface area (Å²) in [6, 6.07) is 0.143. The zero-order chi connectivity index (χ0) is 12.5. The number of carboxylic acids is 1. The predicted molar refractivity (Wildman–Crippen MR) is 60.9 cm³/mol. The van der Waals surface area contributed by atoms with Crippen molar-refractivity contribution in [2.24, 2.45) is 17.8 Å². The van der Waals surface area contributed by atoms with Gasteiger partial charge in [0.05, 0.1) is 11.8 Å². The quantitative estimate of drug-likeness (QED) is 0.776. The lowest BCUT2D eigenvalue weighted by molar-refractivity contribution is -0.142. The van der Waals surface area contributed by atoms with Gasteiger partial charge in [-0.3, -0.25) is 9.59 Å². The molecule has 4 nitrogen and oxygen atoms in total. The predicted octanol–water partition coefficient (Wildman–Crippen LogP) is 1.60. The average Bonchev–Trinajstić information content (AvgIpc) is 2.91. The smallest absolute Gasteiger partial charge is 0.307 e. The van der Waals surface area contributed by atoms with E-state index in [2.05, 4.69) is 13.8 Å². The number of carbonyl (C=O) groups is 2. The Balaban J connectivity index is 2.59. The van der Waals surface area contributed by atoms with Crippen molar-refractivity contribution in [3.8, 4) is 0 Å². The monoisotopic (exact) mass is 227 g/mol. The van der Waals surface area contributed by atoms with E-state index in [0.29, 0.717) is 18.9 Å². The summed E-state index contributed by atoms with van der Waals surface area (Å²) in [5, 5.41) is 8.80. The van der Waals surface area contributed by atoms with Crippen LogP contribution in [0.15, 0.2) is 0 Å². The van der Waals surface area contributed by atoms with Gasteiger partial charge in [0, 0.05) is 12.6 Å². The van der Waals surface area contributed by atoms with Gasteiger partial charge in [-0.1, -0.05) is 13.8 Å². The molecular weight excluding hydrogens is 206 g/mol. The van der Waals surface area contributed by atoms with Gasteiger partial charge >= 0.3 is 5.97 Å². The van der Waals surface area contributed by atoms with E-state index in [1.54, 1.807) is 4.90 Å². The molecule has 0 unspecified atom stereocenters. The van der Waals surface area contributed by atoms with E-state index in [4.69, 9.17) is 5.11 Å². The number of carbonyl (C=O) groups excluding carboxylic acids is 1. The van der Waals surface area contributed by atoms with Crippen molar-refractivity contribution < 1.29 is 14.7 Å². The molecule has 92 valence electrons. The van der Waals surface area contributed by atoms with Crippen LogP contribution in [0.3, 0.4) is 0 Å². The molecule has 2 atom stereocenters. The molecule has 0 aliphatic heterocycles. The van der Waals surface area contributed by atoms with Crippen molar-refractivity contribution >= 4 is 11.9 Å². The molecule has 0 spiro atoms. The summed E-state index contributed by atoms with van der Waals surface area (Å²) in [4.78, 5) is 24.6. The number of hydrogen-bond acceptors (Lipinski definition) is 2. The maximum atomic E-state index is 12.1. The van der Waals surface area contributed by atoms with Crippen molar-refractivity contribution in [1.82, 2.24) is 4.90 Å². The summed E-state index contributed by atoms with van der Waals surface area (Å²) >= 11 is 0. The molecule has 1 aliphatic rings. The summed E-state index contributed by atoms with van der Waals surface area (Å²) < 4.78 is 0. The topological polar surface area (TPSA) is 57.6 Å². The van der Waals surface area contributed by atoms with Crippen LogP contribution < -0.4 is 0 Å². The molecule has 1 aliphatic carbocycles. The second kappa shape index (κ2) is 4.85. The zero-order valence-corrected chi connectivity index (χ0v) is 10.4. The normalized spacial score (nSPS) is 23.6. The van der Waals surface area contributed by atoms with Crippen LogP contribution in [-0.2, 0) is 9.59 Å². The number of hydrogen-bond donors (Lipinski definition) is 1. The lowest BCUT2D eigenvalue weighted by Gasteiger charge is -2.28. The third-order valence-corrected chi connectivity index (χ3v) is 2.89. The Morgan fingerprint density at radius 2 is 1.81 bits per heavy atom. The molecule has 1 amide bonds. The lowest BCUT2D eigenvalue weighted by Crippen LogP contribution is -2.41. The molecular formula is C12H21NO3. The number of carboxylic acid groups (broad SMARTS) is 1. The number of amides is 1. The van der Waals surface area contributed by atoms with Crippen molar-refractivity contribution in [2.45, 2.75) is 40.2 Å². The largest absolute Gasteiger partial charge is 0.481 e. The van der Waals surface area contributed by atoms with Gasteiger partial charge in [0.15, 0.2) is 0 Å². The molecule has 0 saturated heterocycles. The van der Waals surface area contributed by atoms with Crippen LogP contribution >= 0.6 is 0 Å². The van der Waals surface area contributed by atoms with E-state index >= 15 is 0 Å². The first-order valence-electron chi connectivity index (χ1n) is 5.87. The second-order valence-corrected chi connectivity index (χ2v) is 5.27. The summed E-state index contributed by atoms with van der Waals surface area (Å²) in [6.07, 6.45) is 0.509. The highest BCUT2D eigenvalue weighted by molar-refractivity contribution is 5.89. The minimum Gasteiger partial charge on any atom is -0.481 e. The molecule has 4 heteroatoms. The Morgan fingerprint density at radius 3 is 2.12 bits per heavy atom. The Labute approximate surface area is 96.6 Å². The molecule has 0 aromatic carbocycles. The average molecular weight is 227 g/mol. The molecule has 0 heterocycles. The van der Waals surface area contributed by atoms with Crippen molar-refractivity contribution in [1.29, 1.82) is 0 Å². The highest BCUT2D eigenvalue weighted by Crippen LogP contribution is 2.40. The Bertz CT molecular complexity index is 286. The highest BCUT2D eigenvalue weighted by atomic mass is 16.4. The summed E-state index contributed by atoms with van der Waals surface area (Å²) in [7, 11) is 0. The SMILES string of the molecule is CC(C)CN(C(=O)[C@@H]1C[C@@H]1C(=O)O)C(C)C.